The van der Waals surface area contributed by atoms with Crippen molar-refractivity contribution in [1.82, 2.24) is 5.32 Å². The summed E-state index contributed by atoms with van der Waals surface area (Å²) in [7, 11) is 1.89. The summed E-state index contributed by atoms with van der Waals surface area (Å²) < 4.78 is 13.4. The molecule has 0 aliphatic carbocycles. The van der Waals surface area contributed by atoms with Crippen LogP contribution in [-0.4, -0.2) is 19.6 Å². The maximum absolute atomic E-state index is 13.4. The third-order valence-electron chi connectivity index (χ3n) is 3.34. The van der Waals surface area contributed by atoms with E-state index in [4.69, 9.17) is 0 Å². The summed E-state index contributed by atoms with van der Waals surface area (Å²) in [5.41, 5.74) is 2.19. The molecule has 19 heavy (non-hydrogen) atoms. The van der Waals surface area contributed by atoms with Crippen molar-refractivity contribution in [1.29, 1.82) is 0 Å². The van der Waals surface area contributed by atoms with Gasteiger partial charge in [-0.3, -0.25) is 0 Å². The van der Waals surface area contributed by atoms with Crippen LogP contribution < -0.4 is 10.2 Å². The summed E-state index contributed by atoms with van der Waals surface area (Å²) in [4.78, 5) is 2.38. The summed E-state index contributed by atoms with van der Waals surface area (Å²) in [6.07, 6.45) is 3.65. The smallest absolute Gasteiger partial charge is 0.123 e. The van der Waals surface area contributed by atoms with E-state index in [0.29, 0.717) is 12.6 Å². The molecule has 0 heterocycles. The lowest BCUT2D eigenvalue weighted by Crippen LogP contribution is -2.33. The molecule has 0 spiro atoms. The van der Waals surface area contributed by atoms with Crippen molar-refractivity contribution in [2.75, 3.05) is 18.5 Å². The van der Waals surface area contributed by atoms with Gasteiger partial charge in [0.1, 0.15) is 5.82 Å². The van der Waals surface area contributed by atoms with Crippen LogP contribution in [0.4, 0.5) is 10.1 Å². The van der Waals surface area contributed by atoms with Crippen LogP contribution in [0, 0.1) is 5.82 Å². The topological polar surface area (TPSA) is 15.3 Å². The lowest BCUT2D eigenvalue weighted by atomic mass is 10.1. The molecule has 0 unspecified atom stereocenters. The van der Waals surface area contributed by atoms with Gasteiger partial charge in [-0.15, -0.1) is 0 Å². The molecule has 108 valence electrons. The van der Waals surface area contributed by atoms with Gasteiger partial charge in [0.2, 0.25) is 0 Å². The molecule has 1 aromatic carbocycles. The second-order valence-electron chi connectivity index (χ2n) is 5.30. The first-order valence-electron chi connectivity index (χ1n) is 7.29. The number of nitrogens with zero attached hydrogens (tertiary/aromatic N) is 1. The Morgan fingerprint density at radius 2 is 2.00 bits per heavy atom. The summed E-state index contributed by atoms with van der Waals surface area (Å²) in [6.45, 7) is 8.33. The molecule has 0 fully saturated rings. The third kappa shape index (κ3) is 4.83. The molecule has 0 amide bonds. The first-order valence-corrected chi connectivity index (χ1v) is 7.29. The maximum atomic E-state index is 13.4. The second kappa shape index (κ2) is 8.16. The number of nitrogens with one attached hydrogen (secondary N) is 1. The molecule has 0 atom stereocenters. The normalized spacial score (nSPS) is 11.1. The van der Waals surface area contributed by atoms with E-state index in [9.17, 15) is 4.39 Å². The molecule has 0 saturated carbocycles. The molecule has 0 aliphatic rings. The highest BCUT2D eigenvalue weighted by Gasteiger charge is 2.14. The van der Waals surface area contributed by atoms with Gasteiger partial charge in [0, 0.05) is 24.8 Å². The van der Waals surface area contributed by atoms with E-state index in [2.05, 4.69) is 31.0 Å². The Kier molecular flexibility index (Phi) is 6.85. The Balaban J connectivity index is 2.93. The summed E-state index contributed by atoms with van der Waals surface area (Å²) in [5, 5.41) is 3.12. The molecule has 0 saturated heterocycles. The van der Waals surface area contributed by atoms with Gasteiger partial charge in [0.05, 0.1) is 0 Å². The van der Waals surface area contributed by atoms with Gasteiger partial charge < -0.3 is 10.2 Å². The van der Waals surface area contributed by atoms with Gasteiger partial charge >= 0.3 is 0 Å². The minimum atomic E-state index is -0.161. The van der Waals surface area contributed by atoms with Crippen LogP contribution >= 0.6 is 0 Å². The molecule has 0 radical (unpaired) electrons. The number of rotatable bonds is 8. The predicted molar refractivity (Wildman–Crippen MR) is 81.2 cm³/mol. The lowest BCUT2D eigenvalue weighted by molar-refractivity contribution is 0.610. The van der Waals surface area contributed by atoms with Crippen molar-refractivity contribution >= 4 is 5.69 Å². The van der Waals surface area contributed by atoms with Gasteiger partial charge in [0.15, 0.2) is 0 Å². The minimum Gasteiger partial charge on any atom is -0.369 e. The van der Waals surface area contributed by atoms with Gasteiger partial charge in [-0.1, -0.05) is 19.8 Å². The van der Waals surface area contributed by atoms with Crippen molar-refractivity contribution < 1.29 is 4.39 Å². The molecular weight excluding hydrogens is 239 g/mol. The van der Waals surface area contributed by atoms with Gasteiger partial charge in [-0.05, 0) is 51.1 Å². The number of unbranched alkanes of at least 4 members (excludes halogenated alkanes) is 2. The Morgan fingerprint density at radius 1 is 1.26 bits per heavy atom. The number of benzene rings is 1. The van der Waals surface area contributed by atoms with Gasteiger partial charge in [0.25, 0.3) is 0 Å². The summed E-state index contributed by atoms with van der Waals surface area (Å²) in [5.74, 6) is -0.161. The zero-order chi connectivity index (χ0) is 14.3. The number of halogens is 1. The Bertz CT molecular complexity index is 377. The monoisotopic (exact) mass is 266 g/mol. The van der Waals surface area contributed by atoms with Gasteiger partial charge in [-0.2, -0.15) is 0 Å². The predicted octanol–water partition coefficient (Wildman–Crippen LogP) is 3.95. The first kappa shape index (κ1) is 16.0. The average molecular weight is 266 g/mol. The van der Waals surface area contributed by atoms with E-state index in [1.54, 1.807) is 12.1 Å². The first-order chi connectivity index (χ1) is 9.10. The van der Waals surface area contributed by atoms with Crippen molar-refractivity contribution in [3.63, 3.8) is 0 Å². The van der Waals surface area contributed by atoms with Crippen molar-refractivity contribution in [2.45, 2.75) is 52.6 Å². The molecular formula is C16H27FN2. The minimum absolute atomic E-state index is 0.161. The fraction of sp³-hybridized carbons (Fsp3) is 0.625. The number of anilines is 1. The van der Waals surface area contributed by atoms with E-state index >= 15 is 0 Å². The average Bonchev–Trinajstić information content (AvgIpc) is 2.36. The molecule has 0 aliphatic heterocycles. The van der Waals surface area contributed by atoms with Crippen LogP contribution in [0.1, 0.15) is 45.6 Å². The standard InChI is InChI=1S/C16H27FN2/c1-5-6-7-10-19(13(2)3)16-9-8-15(17)11-14(16)12-18-4/h8-9,11,13,18H,5-7,10,12H2,1-4H3. The van der Waals surface area contributed by atoms with E-state index in [1.165, 1.54) is 19.3 Å². The quantitative estimate of drug-likeness (QED) is 0.717. The zero-order valence-electron chi connectivity index (χ0n) is 12.7. The van der Waals surface area contributed by atoms with E-state index in [-0.39, 0.29) is 5.82 Å². The Hall–Kier alpha value is -1.09. The van der Waals surface area contributed by atoms with Gasteiger partial charge in [-0.25, -0.2) is 4.39 Å². The van der Waals surface area contributed by atoms with Crippen molar-refractivity contribution in [3.8, 4) is 0 Å². The maximum Gasteiger partial charge on any atom is 0.123 e. The highest BCUT2D eigenvalue weighted by molar-refractivity contribution is 5.54. The molecule has 2 nitrogen and oxygen atoms in total. The van der Waals surface area contributed by atoms with Crippen LogP contribution in [0.5, 0.6) is 0 Å². The van der Waals surface area contributed by atoms with E-state index in [1.807, 2.05) is 13.1 Å². The molecule has 0 aromatic heterocycles. The van der Waals surface area contributed by atoms with Crippen LogP contribution in [-0.2, 0) is 6.54 Å². The fourth-order valence-corrected chi connectivity index (χ4v) is 2.36. The highest BCUT2D eigenvalue weighted by atomic mass is 19.1. The number of hydrogen-bond donors (Lipinski definition) is 1. The van der Waals surface area contributed by atoms with Crippen LogP contribution in [0.2, 0.25) is 0 Å². The largest absolute Gasteiger partial charge is 0.369 e. The second-order valence-corrected chi connectivity index (χ2v) is 5.30. The van der Waals surface area contributed by atoms with Crippen LogP contribution in [0.3, 0.4) is 0 Å². The molecule has 1 aromatic rings. The van der Waals surface area contributed by atoms with Crippen LogP contribution in [0.25, 0.3) is 0 Å². The third-order valence-corrected chi connectivity index (χ3v) is 3.34. The summed E-state index contributed by atoms with van der Waals surface area (Å²) in [6, 6.07) is 5.54. The molecule has 0 bridgehead atoms. The SMILES string of the molecule is CCCCCN(c1ccc(F)cc1CNC)C(C)C. The van der Waals surface area contributed by atoms with Crippen molar-refractivity contribution in [3.05, 3.63) is 29.6 Å². The van der Waals surface area contributed by atoms with E-state index < -0.39 is 0 Å². The highest BCUT2D eigenvalue weighted by Crippen LogP contribution is 2.24. The fourth-order valence-electron chi connectivity index (χ4n) is 2.36. The summed E-state index contributed by atoms with van der Waals surface area (Å²) >= 11 is 0. The molecule has 3 heteroatoms. The Morgan fingerprint density at radius 3 is 2.58 bits per heavy atom. The Labute approximate surface area is 117 Å². The zero-order valence-corrected chi connectivity index (χ0v) is 12.7. The molecule has 1 rings (SSSR count). The lowest BCUT2D eigenvalue weighted by Gasteiger charge is -2.31. The van der Waals surface area contributed by atoms with E-state index in [0.717, 1.165) is 17.8 Å². The van der Waals surface area contributed by atoms with Crippen molar-refractivity contribution in [2.24, 2.45) is 0 Å². The number of hydrogen-bond acceptors (Lipinski definition) is 2. The molecule has 1 N–H and O–H groups in total. The van der Waals surface area contributed by atoms with Crippen LogP contribution in [0.15, 0.2) is 18.2 Å².